The Morgan fingerprint density at radius 2 is 1.92 bits per heavy atom. The molecular weight excluding hydrogens is 383 g/mol. The van der Waals surface area contributed by atoms with Crippen molar-refractivity contribution in [3.8, 4) is 0 Å². The van der Waals surface area contributed by atoms with Crippen LogP contribution in [0, 0.1) is 28.6 Å². The van der Waals surface area contributed by atoms with Crippen molar-refractivity contribution < 1.29 is 14.0 Å². The highest BCUT2D eigenvalue weighted by atomic mass is 79.9. The summed E-state index contributed by atoms with van der Waals surface area (Å²) in [6, 6.07) is 0. The number of rotatable bonds is 1. The Labute approximate surface area is 158 Å². The first-order valence-electron chi connectivity index (χ1n) is 9.72. The summed E-state index contributed by atoms with van der Waals surface area (Å²) >= 11 is 3.96. The number of fused-ring (bicyclic) bond motifs is 5. The zero-order valence-electron chi connectivity index (χ0n) is 15.4. The van der Waals surface area contributed by atoms with Gasteiger partial charge in [0, 0.05) is 17.8 Å². The monoisotopic (exact) mass is 410 g/mol. The van der Waals surface area contributed by atoms with Crippen molar-refractivity contribution in [3.05, 3.63) is 11.6 Å². The summed E-state index contributed by atoms with van der Waals surface area (Å²) in [5, 5.41) is 0. The van der Waals surface area contributed by atoms with Gasteiger partial charge in [0.05, 0.1) is 4.32 Å². The van der Waals surface area contributed by atoms with E-state index in [1.165, 1.54) is 0 Å². The van der Waals surface area contributed by atoms with E-state index in [-0.39, 0.29) is 34.2 Å². The largest absolute Gasteiger partial charge is 0.300 e. The van der Waals surface area contributed by atoms with Crippen molar-refractivity contribution in [1.82, 2.24) is 0 Å². The maximum absolute atomic E-state index is 15.9. The van der Waals surface area contributed by atoms with E-state index in [4.69, 9.17) is 0 Å². The van der Waals surface area contributed by atoms with Crippen molar-refractivity contribution in [3.63, 3.8) is 0 Å². The molecule has 7 atom stereocenters. The van der Waals surface area contributed by atoms with E-state index in [2.05, 4.69) is 29.8 Å². The van der Waals surface area contributed by atoms with E-state index in [0.717, 1.165) is 37.7 Å². The number of allylic oxidation sites excluding steroid dienone is 1. The molecule has 0 saturated heterocycles. The number of ketones is 2. The lowest BCUT2D eigenvalue weighted by atomic mass is 9.46. The lowest BCUT2D eigenvalue weighted by molar-refractivity contribution is -0.130. The highest BCUT2D eigenvalue weighted by Gasteiger charge is 2.69. The summed E-state index contributed by atoms with van der Waals surface area (Å²) in [6.07, 6.45) is 6.28. The molecular formula is C21H28BrFO2. The van der Waals surface area contributed by atoms with Crippen LogP contribution in [-0.2, 0) is 9.59 Å². The van der Waals surface area contributed by atoms with Crippen LogP contribution in [0.15, 0.2) is 11.6 Å². The quantitative estimate of drug-likeness (QED) is 0.557. The molecule has 0 aromatic heterocycles. The molecule has 0 unspecified atom stereocenters. The van der Waals surface area contributed by atoms with Gasteiger partial charge >= 0.3 is 0 Å². The molecule has 0 spiro atoms. The number of halogens is 2. The lowest BCUT2D eigenvalue weighted by Crippen LogP contribution is -2.65. The van der Waals surface area contributed by atoms with Gasteiger partial charge in [-0.2, -0.15) is 0 Å². The van der Waals surface area contributed by atoms with Crippen LogP contribution in [0.25, 0.3) is 0 Å². The third-order valence-electron chi connectivity index (χ3n) is 8.49. The van der Waals surface area contributed by atoms with Gasteiger partial charge in [-0.25, -0.2) is 4.39 Å². The molecule has 4 rings (SSSR count). The first kappa shape index (κ1) is 17.9. The summed E-state index contributed by atoms with van der Waals surface area (Å²) in [5.41, 5.74) is 0.637. The average molecular weight is 411 g/mol. The summed E-state index contributed by atoms with van der Waals surface area (Å²) in [4.78, 5) is 24.1. The van der Waals surface area contributed by atoms with E-state index >= 15 is 4.39 Å². The van der Waals surface area contributed by atoms with E-state index in [0.29, 0.717) is 18.8 Å². The third-order valence-corrected chi connectivity index (χ3v) is 10.4. The summed E-state index contributed by atoms with van der Waals surface area (Å²) < 4.78 is 15.3. The summed E-state index contributed by atoms with van der Waals surface area (Å²) in [7, 11) is 0. The predicted octanol–water partition coefficient (Wildman–Crippen LogP) is 5.19. The predicted molar refractivity (Wildman–Crippen MR) is 99.3 cm³/mol. The van der Waals surface area contributed by atoms with Gasteiger partial charge in [0.15, 0.2) is 5.78 Å². The molecule has 0 aliphatic heterocycles. The maximum Gasteiger partial charge on any atom is 0.155 e. The fourth-order valence-electron chi connectivity index (χ4n) is 7.17. The second kappa shape index (κ2) is 5.50. The van der Waals surface area contributed by atoms with Gasteiger partial charge in [-0.1, -0.05) is 35.4 Å². The highest BCUT2D eigenvalue weighted by Crippen LogP contribution is 2.71. The van der Waals surface area contributed by atoms with E-state index in [1.54, 1.807) is 13.0 Å². The minimum Gasteiger partial charge on any atom is -0.300 e. The molecule has 0 N–H and O–H groups in total. The van der Waals surface area contributed by atoms with Crippen molar-refractivity contribution in [2.75, 3.05) is 0 Å². The number of hydrogen-bond donors (Lipinski definition) is 0. The standard InChI is InChI=1S/C21H28BrFO2/c1-12(24)15-6-7-16-17-5-4-13-10-14(25)8-9-20(13,3)21(17,22)18(23)11-19(15,16)2/h10,15-18H,4-9,11H2,1-3H3/t15-,16+,17+,18-,19+,20-,21+/m0/s1. The van der Waals surface area contributed by atoms with Gasteiger partial charge in [0.25, 0.3) is 0 Å². The van der Waals surface area contributed by atoms with Gasteiger partial charge in [-0.3, -0.25) is 9.59 Å². The first-order valence-corrected chi connectivity index (χ1v) is 10.5. The van der Waals surface area contributed by atoms with Crippen LogP contribution >= 0.6 is 15.9 Å². The average Bonchev–Trinajstić information content (AvgIpc) is 2.87. The topological polar surface area (TPSA) is 34.1 Å². The molecule has 0 radical (unpaired) electrons. The van der Waals surface area contributed by atoms with Crippen LogP contribution < -0.4 is 0 Å². The molecule has 4 aliphatic carbocycles. The van der Waals surface area contributed by atoms with E-state index in [1.807, 2.05) is 0 Å². The molecule has 0 heterocycles. The minimum absolute atomic E-state index is 0.00507. The number of alkyl halides is 2. The normalized spacial score (nSPS) is 52.0. The molecule has 3 saturated carbocycles. The molecule has 25 heavy (non-hydrogen) atoms. The van der Waals surface area contributed by atoms with Gasteiger partial charge < -0.3 is 0 Å². The van der Waals surface area contributed by atoms with Crippen LogP contribution in [-0.4, -0.2) is 22.1 Å². The number of carbonyl (C=O) groups is 2. The highest BCUT2D eigenvalue weighted by molar-refractivity contribution is 9.10. The van der Waals surface area contributed by atoms with Crippen molar-refractivity contribution in [2.45, 2.75) is 76.2 Å². The Hall–Kier alpha value is -0.510. The molecule has 2 nitrogen and oxygen atoms in total. The van der Waals surface area contributed by atoms with Gasteiger partial charge in [-0.15, -0.1) is 0 Å². The Morgan fingerprint density at radius 1 is 1.20 bits per heavy atom. The summed E-state index contributed by atoms with van der Waals surface area (Å²) in [5.74, 6) is 1.05. The Balaban J connectivity index is 1.79. The molecule has 4 heteroatoms. The molecule has 0 bridgehead atoms. The van der Waals surface area contributed by atoms with E-state index < -0.39 is 10.5 Å². The van der Waals surface area contributed by atoms with Crippen molar-refractivity contribution in [1.29, 1.82) is 0 Å². The molecule has 0 aromatic rings. The fraction of sp³-hybridized carbons (Fsp3) is 0.810. The van der Waals surface area contributed by atoms with Crippen LogP contribution in [0.4, 0.5) is 4.39 Å². The molecule has 0 aromatic carbocycles. The molecule has 138 valence electrons. The van der Waals surface area contributed by atoms with Gasteiger partial charge in [0.2, 0.25) is 0 Å². The molecule has 4 aliphatic rings. The second-order valence-electron chi connectivity index (χ2n) is 9.41. The van der Waals surface area contributed by atoms with E-state index in [9.17, 15) is 9.59 Å². The Kier molecular flexibility index (Phi) is 3.93. The first-order chi connectivity index (χ1) is 11.6. The fourth-order valence-corrected chi connectivity index (χ4v) is 8.33. The van der Waals surface area contributed by atoms with Crippen LogP contribution in [0.5, 0.6) is 0 Å². The van der Waals surface area contributed by atoms with Crippen molar-refractivity contribution >= 4 is 27.5 Å². The van der Waals surface area contributed by atoms with Gasteiger partial charge in [0.1, 0.15) is 12.0 Å². The summed E-state index contributed by atoms with van der Waals surface area (Å²) in [6.45, 7) is 6.00. The van der Waals surface area contributed by atoms with Crippen molar-refractivity contribution in [2.24, 2.45) is 28.6 Å². The van der Waals surface area contributed by atoms with Crippen LogP contribution in [0.1, 0.15) is 65.7 Å². The third kappa shape index (κ3) is 2.12. The SMILES string of the molecule is CC(=O)[C@@H]1CC[C@@H]2[C@H]3CCC4=CC(=O)CC[C@]4(C)[C@]3(Br)[C@@H](F)C[C@@]21C. The number of carbonyl (C=O) groups excluding carboxylic acids is 2. The second-order valence-corrected chi connectivity index (χ2v) is 10.7. The zero-order valence-corrected chi connectivity index (χ0v) is 17.0. The zero-order chi connectivity index (χ0) is 18.2. The smallest absolute Gasteiger partial charge is 0.155 e. The number of Topliss-reactive ketones (excluding diaryl/α,β-unsaturated/α-hetero) is 1. The van der Waals surface area contributed by atoms with Crippen LogP contribution in [0.3, 0.4) is 0 Å². The van der Waals surface area contributed by atoms with Crippen LogP contribution in [0.2, 0.25) is 0 Å². The Morgan fingerprint density at radius 3 is 2.60 bits per heavy atom. The van der Waals surface area contributed by atoms with Gasteiger partial charge in [-0.05, 0) is 68.8 Å². The molecule has 3 fully saturated rings. The molecule has 0 amide bonds. The minimum atomic E-state index is -0.986. The lowest BCUT2D eigenvalue weighted by Gasteiger charge is -2.64. The maximum atomic E-state index is 15.9. The Bertz CT molecular complexity index is 673. The number of hydrogen-bond acceptors (Lipinski definition) is 2.